The Morgan fingerprint density at radius 3 is 2.65 bits per heavy atom. The van der Waals surface area contributed by atoms with Gasteiger partial charge >= 0.3 is 0 Å². The maximum Gasteiger partial charge on any atom is 0.123 e. The average Bonchev–Trinajstić information content (AvgIpc) is 2.31. The van der Waals surface area contributed by atoms with Crippen molar-refractivity contribution < 1.29 is 4.39 Å². The summed E-state index contributed by atoms with van der Waals surface area (Å²) in [5.41, 5.74) is 7.63. The van der Waals surface area contributed by atoms with Crippen molar-refractivity contribution in [2.75, 3.05) is 0 Å². The van der Waals surface area contributed by atoms with Gasteiger partial charge in [0.25, 0.3) is 0 Å². The molecule has 2 rings (SSSR count). The van der Waals surface area contributed by atoms with Gasteiger partial charge in [0.15, 0.2) is 0 Å². The fraction of sp³-hybridized carbons (Fsp3) is 0.0769. The Morgan fingerprint density at radius 1 is 1.18 bits per heavy atom. The lowest BCUT2D eigenvalue weighted by Crippen LogP contribution is -2.12. The summed E-state index contributed by atoms with van der Waals surface area (Å²) in [6.45, 7) is 0. The molecule has 0 aromatic heterocycles. The molecule has 17 heavy (non-hydrogen) atoms. The van der Waals surface area contributed by atoms with Gasteiger partial charge in [-0.1, -0.05) is 23.7 Å². The first-order chi connectivity index (χ1) is 8.08. The standard InChI is InChI=1S/C13H10ClFIN/c14-12-5-4-9(15)7-11(12)13(17)8-2-1-3-10(16)6-8/h1-7,13H,17H2. The smallest absolute Gasteiger partial charge is 0.123 e. The lowest BCUT2D eigenvalue weighted by molar-refractivity contribution is 0.623. The summed E-state index contributed by atoms with van der Waals surface area (Å²) in [4.78, 5) is 0. The molecule has 88 valence electrons. The topological polar surface area (TPSA) is 26.0 Å². The van der Waals surface area contributed by atoms with E-state index in [-0.39, 0.29) is 5.82 Å². The summed E-state index contributed by atoms with van der Waals surface area (Å²) in [6.07, 6.45) is 0. The fourth-order valence-corrected chi connectivity index (χ4v) is 2.43. The Balaban J connectivity index is 2.43. The minimum Gasteiger partial charge on any atom is -0.320 e. The molecule has 2 aromatic rings. The molecule has 0 aliphatic heterocycles. The number of hydrogen-bond donors (Lipinski definition) is 1. The van der Waals surface area contributed by atoms with Crippen molar-refractivity contribution in [3.63, 3.8) is 0 Å². The van der Waals surface area contributed by atoms with Crippen LogP contribution in [0.1, 0.15) is 17.2 Å². The Kier molecular flexibility index (Phi) is 4.01. The maximum atomic E-state index is 13.2. The van der Waals surface area contributed by atoms with E-state index in [1.165, 1.54) is 18.2 Å². The molecule has 2 N–H and O–H groups in total. The van der Waals surface area contributed by atoms with E-state index in [2.05, 4.69) is 22.6 Å². The van der Waals surface area contributed by atoms with Gasteiger partial charge in [0, 0.05) is 8.59 Å². The number of hydrogen-bond acceptors (Lipinski definition) is 1. The highest BCUT2D eigenvalue weighted by Gasteiger charge is 2.13. The normalized spacial score (nSPS) is 12.5. The summed E-state index contributed by atoms with van der Waals surface area (Å²) in [5.74, 6) is -0.328. The number of benzene rings is 2. The number of nitrogens with two attached hydrogens (primary N) is 1. The van der Waals surface area contributed by atoms with Crippen molar-refractivity contribution in [3.05, 3.63) is 68.0 Å². The van der Waals surface area contributed by atoms with Crippen LogP contribution in [0.15, 0.2) is 42.5 Å². The second kappa shape index (κ2) is 5.33. The van der Waals surface area contributed by atoms with Gasteiger partial charge in [0.05, 0.1) is 6.04 Å². The molecule has 0 amide bonds. The minimum atomic E-state index is -0.409. The molecule has 1 atom stereocenters. The summed E-state index contributed by atoms with van der Waals surface area (Å²) in [6, 6.07) is 11.6. The Labute approximate surface area is 118 Å². The van der Waals surface area contributed by atoms with Crippen molar-refractivity contribution in [3.8, 4) is 0 Å². The molecule has 1 unspecified atom stereocenters. The largest absolute Gasteiger partial charge is 0.320 e. The Morgan fingerprint density at radius 2 is 1.94 bits per heavy atom. The van der Waals surface area contributed by atoms with E-state index in [1.807, 2.05) is 24.3 Å². The summed E-state index contributed by atoms with van der Waals surface area (Å²) < 4.78 is 14.3. The first-order valence-electron chi connectivity index (χ1n) is 5.04. The zero-order valence-corrected chi connectivity index (χ0v) is 11.7. The third-order valence-electron chi connectivity index (χ3n) is 2.50. The molecular formula is C13H10ClFIN. The molecule has 0 spiro atoms. The van der Waals surface area contributed by atoms with Crippen LogP contribution in [0.25, 0.3) is 0 Å². The first-order valence-corrected chi connectivity index (χ1v) is 6.49. The van der Waals surface area contributed by atoms with Crippen LogP contribution < -0.4 is 5.73 Å². The van der Waals surface area contributed by atoms with E-state index >= 15 is 0 Å². The highest BCUT2D eigenvalue weighted by Crippen LogP contribution is 2.27. The van der Waals surface area contributed by atoms with Gasteiger partial charge in [0.1, 0.15) is 5.82 Å². The molecule has 0 heterocycles. The van der Waals surface area contributed by atoms with Crippen LogP contribution in [0, 0.1) is 9.39 Å². The third kappa shape index (κ3) is 2.97. The Bertz CT molecular complexity index is 545. The van der Waals surface area contributed by atoms with Crippen LogP contribution >= 0.6 is 34.2 Å². The molecule has 0 fully saturated rings. The summed E-state index contributed by atoms with van der Waals surface area (Å²) in [5, 5.41) is 0.484. The van der Waals surface area contributed by atoms with E-state index in [0.717, 1.165) is 9.13 Å². The minimum absolute atomic E-state index is 0.328. The molecule has 4 heteroatoms. The number of rotatable bonds is 2. The van der Waals surface area contributed by atoms with Gasteiger partial charge in [-0.15, -0.1) is 0 Å². The van der Waals surface area contributed by atoms with Gasteiger partial charge in [0.2, 0.25) is 0 Å². The number of halogens is 3. The Hall–Kier alpha value is -0.650. The van der Waals surface area contributed by atoms with Crippen LogP contribution in [0.3, 0.4) is 0 Å². The molecule has 0 radical (unpaired) electrons. The molecular weight excluding hydrogens is 352 g/mol. The van der Waals surface area contributed by atoms with E-state index in [9.17, 15) is 4.39 Å². The lowest BCUT2D eigenvalue weighted by atomic mass is 9.99. The van der Waals surface area contributed by atoms with E-state index in [1.54, 1.807) is 0 Å². The molecule has 1 nitrogen and oxygen atoms in total. The zero-order valence-electron chi connectivity index (χ0n) is 8.83. The first kappa shape index (κ1) is 12.8. The van der Waals surface area contributed by atoms with Crippen molar-refractivity contribution in [2.45, 2.75) is 6.04 Å². The SMILES string of the molecule is NC(c1cccc(I)c1)c1cc(F)ccc1Cl. The second-order valence-corrected chi connectivity index (χ2v) is 5.35. The third-order valence-corrected chi connectivity index (χ3v) is 3.52. The van der Waals surface area contributed by atoms with Gasteiger partial charge in [-0.25, -0.2) is 4.39 Å². The highest BCUT2D eigenvalue weighted by atomic mass is 127. The van der Waals surface area contributed by atoms with Crippen LogP contribution in [0.4, 0.5) is 4.39 Å². The maximum absolute atomic E-state index is 13.2. The quantitative estimate of drug-likeness (QED) is 0.800. The molecule has 2 aromatic carbocycles. The van der Waals surface area contributed by atoms with Crippen LogP contribution in [-0.4, -0.2) is 0 Å². The predicted molar refractivity (Wildman–Crippen MR) is 76.6 cm³/mol. The van der Waals surface area contributed by atoms with Gasteiger partial charge in [-0.2, -0.15) is 0 Å². The highest BCUT2D eigenvalue weighted by molar-refractivity contribution is 14.1. The van der Waals surface area contributed by atoms with Crippen LogP contribution in [-0.2, 0) is 0 Å². The zero-order chi connectivity index (χ0) is 12.4. The van der Waals surface area contributed by atoms with E-state index in [0.29, 0.717) is 10.6 Å². The molecule has 0 saturated carbocycles. The average molecular weight is 362 g/mol. The van der Waals surface area contributed by atoms with Crippen molar-refractivity contribution in [2.24, 2.45) is 5.73 Å². The van der Waals surface area contributed by atoms with E-state index < -0.39 is 6.04 Å². The van der Waals surface area contributed by atoms with Gasteiger partial charge < -0.3 is 5.73 Å². The molecule has 0 saturated heterocycles. The van der Waals surface area contributed by atoms with Crippen LogP contribution in [0.2, 0.25) is 5.02 Å². The van der Waals surface area contributed by atoms with Gasteiger partial charge in [-0.05, 0) is 64.0 Å². The summed E-state index contributed by atoms with van der Waals surface area (Å²) in [7, 11) is 0. The molecule has 0 aliphatic carbocycles. The fourth-order valence-electron chi connectivity index (χ4n) is 1.63. The summed E-state index contributed by atoms with van der Waals surface area (Å²) >= 11 is 8.24. The van der Waals surface area contributed by atoms with Crippen LogP contribution in [0.5, 0.6) is 0 Å². The predicted octanol–water partition coefficient (Wildman–Crippen LogP) is 4.13. The second-order valence-electron chi connectivity index (χ2n) is 3.70. The lowest BCUT2D eigenvalue weighted by Gasteiger charge is -2.14. The van der Waals surface area contributed by atoms with Crippen molar-refractivity contribution in [1.82, 2.24) is 0 Å². The van der Waals surface area contributed by atoms with E-state index in [4.69, 9.17) is 17.3 Å². The van der Waals surface area contributed by atoms with Crippen molar-refractivity contribution >= 4 is 34.2 Å². The molecule has 0 aliphatic rings. The monoisotopic (exact) mass is 361 g/mol. The molecule has 0 bridgehead atoms. The van der Waals surface area contributed by atoms with Gasteiger partial charge in [-0.3, -0.25) is 0 Å². The van der Waals surface area contributed by atoms with Crippen molar-refractivity contribution in [1.29, 1.82) is 0 Å².